The zero-order chi connectivity index (χ0) is 38.3. The van der Waals surface area contributed by atoms with Gasteiger partial charge in [0.2, 0.25) is 0 Å². The normalized spacial score (nSPS) is 29.1. The Kier molecular flexibility index (Phi) is 12.6. The molecule has 3 heterocycles. The van der Waals surface area contributed by atoms with Crippen LogP contribution in [0.5, 0.6) is 0 Å². The maximum Gasteiger partial charge on any atom is 0.338 e. The van der Waals surface area contributed by atoms with E-state index in [1.165, 1.54) is 11.8 Å². The van der Waals surface area contributed by atoms with Crippen LogP contribution in [-0.2, 0) is 37.9 Å². The van der Waals surface area contributed by atoms with Gasteiger partial charge in [-0.25, -0.2) is 14.4 Å². The van der Waals surface area contributed by atoms with Crippen LogP contribution in [0.4, 0.5) is 0 Å². The first-order valence-corrected chi connectivity index (χ1v) is 19.1. The van der Waals surface area contributed by atoms with Gasteiger partial charge in [0.1, 0.15) is 29.9 Å². The van der Waals surface area contributed by atoms with Crippen LogP contribution in [0, 0.1) is 0 Å². The first kappa shape index (κ1) is 38.7. The third-order valence-corrected chi connectivity index (χ3v) is 10.4. The second-order valence-electron chi connectivity index (χ2n) is 13.5. The third-order valence-electron chi connectivity index (χ3n) is 9.24. The molecular formula is C42H42O12S. The number of hydrogen-bond donors (Lipinski definition) is 1. The van der Waals surface area contributed by atoms with Gasteiger partial charge in [-0.15, -0.1) is 11.8 Å². The Morgan fingerprint density at radius 2 is 1.15 bits per heavy atom. The van der Waals surface area contributed by atoms with E-state index in [1.807, 2.05) is 44.2 Å². The average molecular weight is 771 g/mol. The topological polar surface area (TPSA) is 145 Å². The molecule has 12 nitrogen and oxygen atoms in total. The van der Waals surface area contributed by atoms with Gasteiger partial charge in [-0.05, 0) is 36.4 Å². The summed E-state index contributed by atoms with van der Waals surface area (Å²) in [7, 11) is 0. The molecule has 4 aromatic carbocycles. The lowest BCUT2D eigenvalue weighted by Gasteiger charge is -2.49. The largest absolute Gasteiger partial charge is 0.452 e. The van der Waals surface area contributed by atoms with Gasteiger partial charge in [0.15, 0.2) is 30.9 Å². The fourth-order valence-electron chi connectivity index (χ4n) is 6.56. The highest BCUT2D eigenvalue weighted by atomic mass is 32.2. The van der Waals surface area contributed by atoms with Crippen molar-refractivity contribution >= 4 is 29.7 Å². The van der Waals surface area contributed by atoms with Gasteiger partial charge in [-0.2, -0.15) is 0 Å². The highest BCUT2D eigenvalue weighted by Gasteiger charge is 2.55. The molecule has 7 rings (SSSR count). The number of rotatable bonds is 11. The molecule has 1 N–H and O–H groups in total. The Balaban J connectivity index is 1.21. The molecule has 3 aliphatic rings. The summed E-state index contributed by atoms with van der Waals surface area (Å²) in [4.78, 5) is 40.8. The van der Waals surface area contributed by atoms with Crippen LogP contribution >= 0.6 is 11.8 Å². The number of aliphatic hydroxyl groups excluding tert-OH is 1. The quantitative estimate of drug-likeness (QED) is 0.146. The molecule has 0 unspecified atom stereocenters. The predicted molar refractivity (Wildman–Crippen MR) is 199 cm³/mol. The summed E-state index contributed by atoms with van der Waals surface area (Å²) in [5, 5.41) is 12.1. The molecular weight excluding hydrogens is 729 g/mol. The van der Waals surface area contributed by atoms with Crippen molar-refractivity contribution in [1.82, 2.24) is 0 Å². The Bertz CT molecular complexity index is 1860. The number of carbonyl (C=O) groups excluding carboxylic acids is 3. The monoisotopic (exact) mass is 770 g/mol. The Morgan fingerprint density at radius 3 is 1.69 bits per heavy atom. The zero-order valence-corrected chi connectivity index (χ0v) is 31.0. The predicted octanol–water partition coefficient (Wildman–Crippen LogP) is 5.75. The summed E-state index contributed by atoms with van der Waals surface area (Å²) >= 11 is 1.42. The SMILES string of the molecule is CC(C)S[C@@H]1O[C@@H]2CO[C@@H](c3ccccc3)O[C@@H]2[C@H](O)[C@H]1O[C@@H]1OC[C@@H](OC(=O)c2ccccc2)[C@H](OC(=O)c2ccccc2)[C@H]1OC(=O)c1ccccc1. The third kappa shape index (κ3) is 9.27. The van der Waals surface area contributed by atoms with Crippen LogP contribution in [0.1, 0.15) is 56.8 Å². The number of esters is 3. The molecule has 288 valence electrons. The van der Waals surface area contributed by atoms with Crippen molar-refractivity contribution in [1.29, 1.82) is 0 Å². The van der Waals surface area contributed by atoms with E-state index in [0.29, 0.717) is 0 Å². The van der Waals surface area contributed by atoms with Crippen molar-refractivity contribution < 1.29 is 57.4 Å². The Hall–Kier alpha value is -4.60. The van der Waals surface area contributed by atoms with E-state index >= 15 is 0 Å². The van der Waals surface area contributed by atoms with Crippen molar-refractivity contribution in [3.05, 3.63) is 144 Å². The molecule has 3 fully saturated rings. The second-order valence-corrected chi connectivity index (χ2v) is 15.2. The van der Waals surface area contributed by atoms with Crippen LogP contribution in [0.2, 0.25) is 0 Å². The molecule has 0 aromatic heterocycles. The maximum atomic E-state index is 13.7. The molecule has 0 amide bonds. The van der Waals surface area contributed by atoms with Gasteiger partial charge in [0, 0.05) is 10.8 Å². The molecule has 3 aliphatic heterocycles. The molecule has 0 spiro atoms. The summed E-state index contributed by atoms with van der Waals surface area (Å²) in [6, 6.07) is 34.1. The van der Waals surface area contributed by atoms with E-state index in [1.54, 1.807) is 91.0 Å². The average Bonchev–Trinajstić information content (AvgIpc) is 3.22. The van der Waals surface area contributed by atoms with Crippen molar-refractivity contribution in [3.8, 4) is 0 Å². The highest BCUT2D eigenvalue weighted by Crippen LogP contribution is 2.40. The van der Waals surface area contributed by atoms with Crippen LogP contribution in [0.3, 0.4) is 0 Å². The van der Waals surface area contributed by atoms with Crippen LogP contribution in [-0.4, -0.2) is 95.9 Å². The van der Waals surface area contributed by atoms with Gasteiger partial charge in [-0.1, -0.05) is 98.8 Å². The van der Waals surface area contributed by atoms with Crippen molar-refractivity contribution in [2.45, 2.75) is 79.8 Å². The van der Waals surface area contributed by atoms with Crippen molar-refractivity contribution in [2.24, 2.45) is 0 Å². The molecule has 13 heteroatoms. The lowest BCUT2D eigenvalue weighted by atomic mass is 9.98. The first-order valence-electron chi connectivity index (χ1n) is 18.1. The molecule has 3 saturated heterocycles. The minimum Gasteiger partial charge on any atom is -0.452 e. The minimum absolute atomic E-state index is 0.0441. The number of ether oxygens (including phenoxy) is 8. The van der Waals surface area contributed by atoms with Crippen molar-refractivity contribution in [3.63, 3.8) is 0 Å². The Morgan fingerprint density at radius 1 is 0.636 bits per heavy atom. The fraction of sp³-hybridized carbons (Fsp3) is 0.357. The summed E-state index contributed by atoms with van der Waals surface area (Å²) < 4.78 is 49.7. The lowest BCUT2D eigenvalue weighted by molar-refractivity contribution is -0.347. The fourth-order valence-corrected chi connectivity index (χ4v) is 7.69. The van der Waals surface area contributed by atoms with E-state index in [9.17, 15) is 19.5 Å². The van der Waals surface area contributed by atoms with E-state index in [4.69, 9.17) is 37.9 Å². The number of thioether (sulfide) groups is 1. The molecule has 0 bridgehead atoms. The van der Waals surface area contributed by atoms with Gasteiger partial charge in [-0.3, -0.25) is 0 Å². The summed E-state index contributed by atoms with van der Waals surface area (Å²) in [5.74, 6) is -2.24. The van der Waals surface area contributed by atoms with E-state index in [-0.39, 0.29) is 35.2 Å². The van der Waals surface area contributed by atoms with E-state index in [0.717, 1.165) is 5.56 Å². The van der Waals surface area contributed by atoms with Gasteiger partial charge < -0.3 is 43.0 Å². The summed E-state index contributed by atoms with van der Waals surface area (Å²) in [6.07, 6.45) is -10.2. The van der Waals surface area contributed by atoms with Crippen molar-refractivity contribution in [2.75, 3.05) is 13.2 Å². The van der Waals surface area contributed by atoms with Crippen LogP contribution in [0.15, 0.2) is 121 Å². The minimum atomic E-state index is -1.50. The van der Waals surface area contributed by atoms with E-state index < -0.39 is 78.7 Å². The molecule has 0 saturated carbocycles. The van der Waals surface area contributed by atoms with Crippen LogP contribution < -0.4 is 0 Å². The number of fused-ring (bicyclic) bond motifs is 1. The molecule has 0 radical (unpaired) electrons. The standard InChI is InChI=1S/C42H42O12S/c1-25(2)55-42-35(32(43)33-30(50-42)23-47-40(53-33)29-21-13-6-14-22-29)54-41-36(52-39(46)28-19-11-5-12-20-28)34(51-38(45)27-17-9-4-10-18-27)31(24-48-41)49-37(44)26-15-7-3-8-16-26/h3-22,25,30-36,40-43H,23-24H2,1-2H3/t30-,31-,32+,33+,34+,35-,36-,40-,41+,42+/m1/s1. The lowest BCUT2D eigenvalue weighted by Crippen LogP contribution is -2.65. The number of benzene rings is 4. The molecule has 10 atom stereocenters. The molecule has 0 aliphatic carbocycles. The van der Waals surface area contributed by atoms with Gasteiger partial charge in [0.05, 0.1) is 29.9 Å². The number of carbonyl (C=O) groups is 3. The number of hydrogen-bond acceptors (Lipinski definition) is 13. The number of aliphatic hydroxyl groups is 1. The maximum absolute atomic E-state index is 13.7. The first-order chi connectivity index (χ1) is 26.7. The molecule has 4 aromatic rings. The highest BCUT2D eigenvalue weighted by molar-refractivity contribution is 8.00. The van der Waals surface area contributed by atoms with E-state index in [2.05, 4.69) is 0 Å². The zero-order valence-electron chi connectivity index (χ0n) is 30.2. The second kappa shape index (κ2) is 17.9. The summed E-state index contributed by atoms with van der Waals surface area (Å²) in [6.45, 7) is 3.81. The molecule has 55 heavy (non-hydrogen) atoms. The summed E-state index contributed by atoms with van der Waals surface area (Å²) in [5.41, 5.74) is 0.699. The smallest absolute Gasteiger partial charge is 0.338 e. The van der Waals surface area contributed by atoms with Crippen LogP contribution in [0.25, 0.3) is 0 Å². The Labute approximate surface area is 322 Å². The van der Waals surface area contributed by atoms with Gasteiger partial charge >= 0.3 is 17.9 Å². The van der Waals surface area contributed by atoms with Gasteiger partial charge in [0.25, 0.3) is 0 Å².